The van der Waals surface area contributed by atoms with Crippen LogP contribution < -0.4 is 9.34 Å². The number of hydrogen-bond acceptors (Lipinski definition) is 3. The molecule has 0 aromatic heterocycles. The molecule has 3 aromatic carbocycles. The first-order valence-corrected chi connectivity index (χ1v) is 11.4. The number of rotatable bonds is 6. The van der Waals surface area contributed by atoms with E-state index < -0.39 is 7.44 Å². The Bertz CT molecular complexity index is 945. The lowest BCUT2D eigenvalue weighted by atomic mass is 10.1. The van der Waals surface area contributed by atoms with E-state index in [4.69, 9.17) is 5.21 Å². The van der Waals surface area contributed by atoms with Crippen LogP contribution in [0.15, 0.2) is 96.2 Å². The van der Waals surface area contributed by atoms with E-state index in [1.54, 1.807) is 0 Å². The minimum atomic E-state index is -3.13. The molecular weight excluding hydrogens is 381 g/mol. The Kier molecular flexibility index (Phi) is 5.68. The highest BCUT2D eigenvalue weighted by molar-refractivity contribution is 7.68. The summed E-state index contributed by atoms with van der Waals surface area (Å²) in [5.74, 6) is 0. The van der Waals surface area contributed by atoms with Gasteiger partial charge in [-0.25, -0.2) is 0 Å². The maximum atomic E-state index is 15.0. The highest BCUT2D eigenvalue weighted by Crippen LogP contribution is 2.69. The summed E-state index contributed by atoms with van der Waals surface area (Å²) in [5, 5.41) is 12.3. The summed E-state index contributed by atoms with van der Waals surface area (Å²) in [6, 6.07) is 29.7. The minimum Gasteiger partial charge on any atom is -0.411 e. The summed E-state index contributed by atoms with van der Waals surface area (Å²) < 4.78 is 19.1. The van der Waals surface area contributed by atoms with Crippen molar-refractivity contribution in [1.29, 1.82) is 0 Å². The quantitative estimate of drug-likeness (QED) is 0.244. The Morgan fingerprint density at radius 2 is 1.28 bits per heavy atom. The van der Waals surface area contributed by atoms with Crippen molar-refractivity contribution in [3.8, 4) is 0 Å². The van der Waals surface area contributed by atoms with E-state index in [1.807, 2.05) is 100 Å². The van der Waals surface area contributed by atoms with E-state index in [1.165, 1.54) is 6.21 Å². The second-order valence-corrected chi connectivity index (χ2v) is 9.73. The monoisotopic (exact) mass is 405 g/mol. The van der Waals surface area contributed by atoms with Crippen LogP contribution in [0.3, 0.4) is 0 Å². The molecule has 1 heterocycles. The maximum Gasteiger partial charge on any atom is 0.270 e. The van der Waals surface area contributed by atoms with E-state index in [0.717, 1.165) is 16.9 Å². The molecule has 29 heavy (non-hydrogen) atoms. The molecule has 0 saturated carbocycles. The van der Waals surface area contributed by atoms with Crippen LogP contribution in [0.5, 0.6) is 0 Å². The zero-order chi connectivity index (χ0) is 20.1. The standard InChI is InChI=1S/C23H24N3O2P/c27-24-17-16-23(20-10-4-1-5-11-20)29(28)25(21-12-6-2-7-13-21)18-19-26(29)22-14-8-3-9-15-22/h1-15,17,23,27H,16,18-19H2/b24-17+. The molecule has 3 aromatic rings. The summed E-state index contributed by atoms with van der Waals surface area (Å²) in [4.78, 5) is 0. The van der Waals surface area contributed by atoms with Crippen molar-refractivity contribution in [1.82, 2.24) is 0 Å². The average molecular weight is 405 g/mol. The third-order valence-electron chi connectivity index (χ3n) is 5.32. The van der Waals surface area contributed by atoms with Crippen LogP contribution in [0, 0.1) is 0 Å². The fraction of sp³-hybridized carbons (Fsp3) is 0.174. The SMILES string of the molecule is O=P1(C(C/C=N/O)c2ccccc2)N(c2ccccc2)CCN1c1ccccc1. The number of anilines is 2. The summed E-state index contributed by atoms with van der Waals surface area (Å²) in [5.41, 5.74) is 2.52. The lowest BCUT2D eigenvalue weighted by Gasteiger charge is -2.38. The first-order valence-electron chi connectivity index (χ1n) is 9.72. The van der Waals surface area contributed by atoms with E-state index in [-0.39, 0.29) is 5.66 Å². The fourth-order valence-corrected chi connectivity index (χ4v) is 7.57. The van der Waals surface area contributed by atoms with Crippen molar-refractivity contribution >= 4 is 25.0 Å². The van der Waals surface area contributed by atoms with Gasteiger partial charge in [0.05, 0.1) is 5.66 Å². The highest BCUT2D eigenvalue weighted by atomic mass is 31.2. The van der Waals surface area contributed by atoms with Gasteiger partial charge in [0, 0.05) is 37.1 Å². The van der Waals surface area contributed by atoms with Crippen molar-refractivity contribution in [3.05, 3.63) is 96.6 Å². The molecule has 0 bridgehead atoms. The van der Waals surface area contributed by atoms with Crippen LogP contribution in [-0.2, 0) is 4.57 Å². The van der Waals surface area contributed by atoms with Crippen molar-refractivity contribution in [2.75, 3.05) is 22.4 Å². The van der Waals surface area contributed by atoms with E-state index >= 15 is 0 Å². The summed E-state index contributed by atoms with van der Waals surface area (Å²) >= 11 is 0. The van der Waals surface area contributed by atoms with Crippen LogP contribution in [0.2, 0.25) is 0 Å². The maximum absolute atomic E-state index is 15.0. The molecule has 4 rings (SSSR count). The Balaban J connectivity index is 1.88. The zero-order valence-corrected chi connectivity index (χ0v) is 17.0. The molecule has 1 aliphatic rings. The van der Waals surface area contributed by atoms with Crippen LogP contribution in [0.4, 0.5) is 11.4 Å². The summed E-state index contributed by atoms with van der Waals surface area (Å²) in [6.45, 7) is 1.32. The number of nitrogens with zero attached hydrogens (tertiary/aromatic N) is 3. The van der Waals surface area contributed by atoms with Crippen molar-refractivity contribution in [3.63, 3.8) is 0 Å². The van der Waals surface area contributed by atoms with E-state index in [0.29, 0.717) is 19.5 Å². The van der Waals surface area contributed by atoms with Crippen LogP contribution in [-0.4, -0.2) is 24.5 Å². The van der Waals surface area contributed by atoms with Gasteiger partial charge in [-0.2, -0.15) is 0 Å². The second-order valence-electron chi connectivity index (χ2n) is 6.97. The summed E-state index contributed by atoms with van der Waals surface area (Å²) in [7, 11) is -3.13. The highest BCUT2D eigenvalue weighted by Gasteiger charge is 2.49. The number of hydrogen-bond donors (Lipinski definition) is 1. The first-order chi connectivity index (χ1) is 14.2. The molecule has 1 unspecified atom stereocenters. The summed E-state index contributed by atoms with van der Waals surface area (Å²) in [6.07, 6.45) is 1.83. The van der Waals surface area contributed by atoms with Crippen molar-refractivity contribution < 1.29 is 9.77 Å². The molecule has 1 N–H and O–H groups in total. The third-order valence-corrected chi connectivity index (χ3v) is 8.89. The second kappa shape index (κ2) is 8.54. The zero-order valence-electron chi connectivity index (χ0n) is 16.1. The number of oxime groups is 1. The van der Waals surface area contributed by atoms with Crippen LogP contribution >= 0.6 is 7.44 Å². The fourth-order valence-electron chi connectivity index (χ4n) is 4.02. The van der Waals surface area contributed by atoms with Gasteiger partial charge in [-0.05, 0) is 29.8 Å². The van der Waals surface area contributed by atoms with E-state index in [2.05, 4.69) is 5.16 Å². The van der Waals surface area contributed by atoms with Gasteiger partial charge in [0.1, 0.15) is 0 Å². The van der Waals surface area contributed by atoms with Gasteiger partial charge in [0.2, 0.25) is 0 Å². The topological polar surface area (TPSA) is 56.1 Å². The molecular formula is C23H24N3O2P. The molecule has 1 atom stereocenters. The van der Waals surface area contributed by atoms with E-state index in [9.17, 15) is 4.57 Å². The Morgan fingerprint density at radius 3 is 1.72 bits per heavy atom. The molecule has 0 aliphatic carbocycles. The smallest absolute Gasteiger partial charge is 0.270 e. The molecule has 1 fully saturated rings. The van der Waals surface area contributed by atoms with Crippen LogP contribution in [0.25, 0.3) is 0 Å². The molecule has 6 heteroatoms. The Morgan fingerprint density at radius 1 is 0.828 bits per heavy atom. The predicted octanol–water partition coefficient (Wildman–Crippen LogP) is 5.80. The predicted molar refractivity (Wildman–Crippen MR) is 119 cm³/mol. The van der Waals surface area contributed by atoms with Gasteiger partial charge in [0.15, 0.2) is 0 Å². The number of para-hydroxylation sites is 2. The molecule has 1 saturated heterocycles. The van der Waals surface area contributed by atoms with Crippen molar-refractivity contribution in [2.24, 2.45) is 5.16 Å². The lowest BCUT2D eigenvalue weighted by Crippen LogP contribution is -2.24. The van der Waals surface area contributed by atoms with Gasteiger partial charge < -0.3 is 14.5 Å². The molecule has 0 amide bonds. The minimum absolute atomic E-state index is 0.331. The Labute approximate surface area is 171 Å². The molecule has 0 spiro atoms. The van der Waals surface area contributed by atoms with Gasteiger partial charge >= 0.3 is 0 Å². The van der Waals surface area contributed by atoms with Gasteiger partial charge in [0.25, 0.3) is 7.44 Å². The molecule has 0 radical (unpaired) electrons. The lowest BCUT2D eigenvalue weighted by molar-refractivity contribution is 0.320. The van der Waals surface area contributed by atoms with Gasteiger partial charge in [-0.15, -0.1) is 5.16 Å². The average Bonchev–Trinajstić information content (AvgIpc) is 3.13. The van der Waals surface area contributed by atoms with Crippen molar-refractivity contribution in [2.45, 2.75) is 12.1 Å². The molecule has 1 aliphatic heterocycles. The Hall–Kier alpha value is -3.04. The molecule has 5 nitrogen and oxygen atoms in total. The largest absolute Gasteiger partial charge is 0.411 e. The normalized spacial score (nSPS) is 17.0. The van der Waals surface area contributed by atoms with Crippen LogP contribution in [0.1, 0.15) is 17.6 Å². The van der Waals surface area contributed by atoms with Gasteiger partial charge in [-0.3, -0.25) is 4.57 Å². The molecule has 148 valence electrons. The van der Waals surface area contributed by atoms with Gasteiger partial charge in [-0.1, -0.05) is 66.7 Å². The third kappa shape index (κ3) is 3.66. The number of benzene rings is 3. The first kappa shape index (κ1) is 19.3.